The molecule has 1 saturated heterocycles. The molecule has 4 rings (SSSR count). The van der Waals surface area contributed by atoms with Gasteiger partial charge >= 0.3 is 0 Å². The number of benzene rings is 1. The van der Waals surface area contributed by atoms with Crippen molar-refractivity contribution in [2.45, 2.75) is 39.7 Å². The number of aryl methyl sites for hydroxylation is 1. The number of anilines is 2. The minimum absolute atomic E-state index is 0.0320. The molecule has 2 aromatic heterocycles. The lowest BCUT2D eigenvalue weighted by Gasteiger charge is -2.41. The van der Waals surface area contributed by atoms with Gasteiger partial charge < -0.3 is 14.9 Å². The minimum Gasteiger partial charge on any atom is -0.507 e. The van der Waals surface area contributed by atoms with E-state index in [-0.39, 0.29) is 45.7 Å². The Balaban J connectivity index is 1.98. The van der Waals surface area contributed by atoms with Crippen LogP contribution in [0.3, 0.4) is 0 Å². The highest BCUT2D eigenvalue weighted by molar-refractivity contribution is 6.33. The van der Waals surface area contributed by atoms with Crippen LogP contribution in [-0.4, -0.2) is 75.8 Å². The number of aliphatic imine (C=N–C) groups is 1. The van der Waals surface area contributed by atoms with Gasteiger partial charge in [-0.3, -0.25) is 24.5 Å². The fraction of sp³-hybridized carbons (Fsp3) is 0.323. The van der Waals surface area contributed by atoms with Crippen molar-refractivity contribution in [1.29, 1.82) is 0 Å². The lowest BCUT2D eigenvalue weighted by molar-refractivity contribution is -0.128. The molecule has 2 amide bonds. The number of amides is 2. The van der Waals surface area contributed by atoms with Gasteiger partial charge in [-0.25, -0.2) is 9.37 Å². The van der Waals surface area contributed by atoms with E-state index in [0.29, 0.717) is 48.8 Å². The first-order valence-corrected chi connectivity index (χ1v) is 13.9. The highest BCUT2D eigenvalue weighted by atomic mass is 35.5. The van der Waals surface area contributed by atoms with Gasteiger partial charge in [0.2, 0.25) is 12.3 Å². The summed E-state index contributed by atoms with van der Waals surface area (Å²) in [4.78, 5) is 44.1. The summed E-state index contributed by atoms with van der Waals surface area (Å²) in [6, 6.07) is 7.19. The van der Waals surface area contributed by atoms with Crippen LogP contribution in [0.15, 0.2) is 54.2 Å². The number of rotatable bonds is 7. The number of amidine groups is 1. The molecule has 0 radical (unpaired) electrons. The zero-order valence-electron chi connectivity index (χ0n) is 24.3. The lowest BCUT2D eigenvalue weighted by atomic mass is 9.99. The molecule has 42 heavy (non-hydrogen) atoms. The maximum atomic E-state index is 15.1. The van der Waals surface area contributed by atoms with Crippen LogP contribution < -0.4 is 4.90 Å². The third-order valence-corrected chi connectivity index (χ3v) is 7.65. The molecule has 0 saturated carbocycles. The SMILES string of the molecule is C=CC(=O)N1CCN(/C(=N/C)c2cc(Cl)c(-c3c(O)cccc3F)nc2N(C=O)c2c(C(C)C)ccnc2C)C(C)C1. The Labute approximate surface area is 250 Å². The van der Waals surface area contributed by atoms with Crippen molar-refractivity contribution in [3.8, 4) is 17.0 Å². The zero-order valence-corrected chi connectivity index (χ0v) is 25.1. The number of nitrogens with zero attached hydrogens (tertiary/aromatic N) is 6. The molecular weight excluding hydrogens is 559 g/mol. The number of phenols is 1. The van der Waals surface area contributed by atoms with E-state index in [1.165, 1.54) is 29.2 Å². The van der Waals surface area contributed by atoms with E-state index in [2.05, 4.69) is 16.6 Å². The molecule has 1 atom stereocenters. The Morgan fingerprint density at radius 3 is 2.64 bits per heavy atom. The number of piperazine rings is 1. The number of carbonyl (C=O) groups is 2. The monoisotopic (exact) mass is 592 g/mol. The van der Waals surface area contributed by atoms with Gasteiger partial charge in [-0.05, 0) is 55.7 Å². The van der Waals surface area contributed by atoms with E-state index in [1.807, 2.05) is 31.7 Å². The first kappa shape index (κ1) is 30.6. The summed E-state index contributed by atoms with van der Waals surface area (Å²) < 4.78 is 15.1. The van der Waals surface area contributed by atoms with Crippen LogP contribution in [0.1, 0.15) is 43.5 Å². The molecule has 3 aromatic rings. The molecule has 3 heterocycles. The van der Waals surface area contributed by atoms with E-state index in [4.69, 9.17) is 16.6 Å². The summed E-state index contributed by atoms with van der Waals surface area (Å²) >= 11 is 6.75. The Morgan fingerprint density at radius 2 is 2.05 bits per heavy atom. The lowest BCUT2D eigenvalue weighted by Crippen LogP contribution is -2.55. The largest absolute Gasteiger partial charge is 0.507 e. The number of halogens is 2. The van der Waals surface area contributed by atoms with E-state index < -0.39 is 5.82 Å². The molecule has 220 valence electrons. The molecule has 1 N–H and O–H groups in total. The smallest absolute Gasteiger partial charge is 0.246 e. The zero-order chi connectivity index (χ0) is 30.7. The van der Waals surface area contributed by atoms with E-state index in [0.717, 1.165) is 5.56 Å². The molecule has 9 nitrogen and oxygen atoms in total. The topological polar surface area (TPSA) is 102 Å². The third kappa shape index (κ3) is 5.72. The molecule has 1 fully saturated rings. The normalized spacial score (nSPS) is 15.6. The maximum absolute atomic E-state index is 15.1. The second kappa shape index (κ2) is 12.7. The summed E-state index contributed by atoms with van der Waals surface area (Å²) in [5.74, 6) is -0.561. The van der Waals surface area contributed by atoms with E-state index in [1.54, 1.807) is 31.1 Å². The van der Waals surface area contributed by atoms with Crippen LogP contribution in [0.2, 0.25) is 5.02 Å². The van der Waals surface area contributed by atoms with Gasteiger partial charge in [0.25, 0.3) is 0 Å². The molecule has 1 aliphatic rings. The number of aromatic hydroxyl groups is 1. The Bertz CT molecular complexity index is 1540. The van der Waals surface area contributed by atoms with Crippen molar-refractivity contribution in [2.75, 3.05) is 31.6 Å². The predicted octanol–water partition coefficient (Wildman–Crippen LogP) is 5.46. The number of hydrogen-bond acceptors (Lipinski definition) is 6. The second-order valence-corrected chi connectivity index (χ2v) is 10.8. The molecule has 1 aliphatic heterocycles. The summed E-state index contributed by atoms with van der Waals surface area (Å²) in [6.45, 7) is 12.7. The molecular formula is C31H34ClFN6O3. The number of aromatic nitrogens is 2. The van der Waals surface area contributed by atoms with Crippen LogP contribution in [0.5, 0.6) is 5.75 Å². The number of pyridine rings is 2. The Kier molecular flexibility index (Phi) is 9.26. The number of hydrogen-bond donors (Lipinski definition) is 1. The van der Waals surface area contributed by atoms with Crippen molar-refractivity contribution in [3.05, 3.63) is 76.8 Å². The van der Waals surface area contributed by atoms with Gasteiger partial charge in [0, 0.05) is 38.9 Å². The van der Waals surface area contributed by atoms with Gasteiger partial charge in [-0.15, -0.1) is 0 Å². The van der Waals surface area contributed by atoms with Crippen LogP contribution in [0, 0.1) is 12.7 Å². The minimum atomic E-state index is -0.720. The van der Waals surface area contributed by atoms with Gasteiger partial charge in [0.1, 0.15) is 17.4 Å². The highest BCUT2D eigenvalue weighted by Crippen LogP contribution is 2.41. The number of phenolic OH excluding ortho intramolecular Hbond substituents is 1. The fourth-order valence-electron chi connectivity index (χ4n) is 5.32. The predicted molar refractivity (Wildman–Crippen MR) is 163 cm³/mol. The first-order chi connectivity index (χ1) is 20.0. The molecule has 0 aliphatic carbocycles. The maximum Gasteiger partial charge on any atom is 0.246 e. The molecule has 1 aromatic carbocycles. The van der Waals surface area contributed by atoms with Crippen molar-refractivity contribution in [1.82, 2.24) is 19.8 Å². The fourth-order valence-corrected chi connectivity index (χ4v) is 5.57. The van der Waals surface area contributed by atoms with Gasteiger partial charge in [0.05, 0.1) is 33.2 Å². The van der Waals surface area contributed by atoms with Crippen molar-refractivity contribution >= 4 is 41.3 Å². The summed E-state index contributed by atoms with van der Waals surface area (Å²) in [5.41, 5.74) is 2.18. The Hall–Kier alpha value is -4.31. The average molecular weight is 593 g/mol. The molecule has 1 unspecified atom stereocenters. The van der Waals surface area contributed by atoms with Crippen molar-refractivity contribution in [2.24, 2.45) is 4.99 Å². The summed E-state index contributed by atoms with van der Waals surface area (Å²) in [6.07, 6.45) is 3.61. The van der Waals surface area contributed by atoms with E-state index in [9.17, 15) is 14.7 Å². The Morgan fingerprint density at radius 1 is 1.31 bits per heavy atom. The number of carbonyl (C=O) groups excluding carboxylic acids is 2. The van der Waals surface area contributed by atoms with Crippen LogP contribution in [-0.2, 0) is 9.59 Å². The van der Waals surface area contributed by atoms with E-state index >= 15 is 4.39 Å². The van der Waals surface area contributed by atoms with Gasteiger partial charge in [0.15, 0.2) is 5.82 Å². The standard InChI is InChI=1S/C31H34ClFN6O3/c1-7-26(42)37-13-14-38(19(4)16-37)30(34-6)22-15-23(32)28(27-24(33)9-8-10-25(27)41)36-31(22)39(17-40)29-20(5)35-12-11-21(29)18(2)3/h7-12,15,17-19,41H,1,13-14,16H2,2-6H3/b34-30+. The molecule has 11 heteroatoms. The quantitative estimate of drug-likeness (QED) is 0.169. The highest BCUT2D eigenvalue weighted by Gasteiger charge is 2.33. The molecule has 0 bridgehead atoms. The van der Waals surface area contributed by atoms with Gasteiger partial charge in [-0.1, -0.05) is 38.1 Å². The third-order valence-electron chi connectivity index (χ3n) is 7.36. The van der Waals surface area contributed by atoms with Crippen LogP contribution in [0.4, 0.5) is 15.9 Å². The van der Waals surface area contributed by atoms with Crippen molar-refractivity contribution < 1.29 is 19.1 Å². The summed E-state index contributed by atoms with van der Waals surface area (Å²) in [7, 11) is 1.62. The average Bonchev–Trinajstić information content (AvgIpc) is 2.96. The molecule has 0 spiro atoms. The van der Waals surface area contributed by atoms with Crippen molar-refractivity contribution in [3.63, 3.8) is 0 Å². The summed E-state index contributed by atoms with van der Waals surface area (Å²) in [5, 5.41) is 10.6. The van der Waals surface area contributed by atoms with Crippen LogP contribution >= 0.6 is 11.6 Å². The van der Waals surface area contributed by atoms with Crippen LogP contribution in [0.25, 0.3) is 11.3 Å². The van der Waals surface area contributed by atoms with Gasteiger partial charge in [-0.2, -0.15) is 0 Å². The second-order valence-electron chi connectivity index (χ2n) is 10.4. The first-order valence-electron chi connectivity index (χ1n) is 13.6.